The molecule has 1 saturated heterocycles. The van der Waals surface area contributed by atoms with Crippen molar-refractivity contribution in [1.29, 1.82) is 5.26 Å². The van der Waals surface area contributed by atoms with Crippen LogP contribution in [0.4, 0.5) is 5.69 Å². The van der Waals surface area contributed by atoms with Crippen molar-refractivity contribution < 1.29 is 4.79 Å². The third-order valence-corrected chi connectivity index (χ3v) is 3.34. The summed E-state index contributed by atoms with van der Waals surface area (Å²) in [5.41, 5.74) is 0.990. The molecule has 1 amide bonds. The van der Waals surface area contributed by atoms with Crippen LogP contribution in [0.1, 0.15) is 18.4 Å². The van der Waals surface area contributed by atoms with Gasteiger partial charge in [-0.3, -0.25) is 4.79 Å². The molecular formula is C13H14ClN3O. The lowest BCUT2D eigenvalue weighted by Crippen LogP contribution is -2.18. The zero-order valence-electron chi connectivity index (χ0n) is 9.87. The zero-order chi connectivity index (χ0) is 13.0. The topological polar surface area (TPSA) is 64.9 Å². The largest absolute Gasteiger partial charge is 0.325 e. The van der Waals surface area contributed by atoms with E-state index >= 15 is 0 Å². The van der Waals surface area contributed by atoms with Gasteiger partial charge in [0.25, 0.3) is 0 Å². The lowest BCUT2D eigenvalue weighted by Gasteiger charge is -2.10. The second kappa shape index (κ2) is 5.85. The van der Waals surface area contributed by atoms with Crippen LogP contribution in [0.5, 0.6) is 0 Å². The van der Waals surface area contributed by atoms with Gasteiger partial charge < -0.3 is 10.6 Å². The molecule has 2 rings (SSSR count). The lowest BCUT2D eigenvalue weighted by atomic mass is 10.0. The Morgan fingerprint density at radius 2 is 2.44 bits per heavy atom. The standard InChI is InChI=1S/C13H14ClN3O/c14-11-2-1-9(7-15)5-12(11)17-13(18)6-10-3-4-16-8-10/h1-2,5,10,16H,3-4,6,8H2,(H,17,18). The van der Waals surface area contributed by atoms with Crippen molar-refractivity contribution in [3.63, 3.8) is 0 Å². The Bertz CT molecular complexity index is 489. The average molecular weight is 264 g/mol. The molecule has 0 aliphatic carbocycles. The Morgan fingerprint density at radius 3 is 3.11 bits per heavy atom. The minimum absolute atomic E-state index is 0.0549. The molecule has 94 valence electrons. The van der Waals surface area contributed by atoms with Crippen molar-refractivity contribution in [2.24, 2.45) is 5.92 Å². The Kier molecular flexibility index (Phi) is 4.19. The van der Waals surface area contributed by atoms with E-state index in [1.165, 1.54) is 0 Å². The van der Waals surface area contributed by atoms with Gasteiger partial charge in [-0.05, 0) is 43.6 Å². The van der Waals surface area contributed by atoms with Gasteiger partial charge in [0.05, 0.1) is 22.3 Å². The van der Waals surface area contributed by atoms with Crippen molar-refractivity contribution in [3.8, 4) is 6.07 Å². The Morgan fingerprint density at radius 1 is 1.61 bits per heavy atom. The fourth-order valence-corrected chi connectivity index (χ4v) is 2.21. The molecular weight excluding hydrogens is 250 g/mol. The summed E-state index contributed by atoms with van der Waals surface area (Å²) in [5, 5.41) is 15.2. The Hall–Kier alpha value is -1.57. The highest BCUT2D eigenvalue weighted by Crippen LogP contribution is 2.23. The molecule has 1 aromatic carbocycles. The number of anilines is 1. The van der Waals surface area contributed by atoms with Gasteiger partial charge in [0, 0.05) is 6.42 Å². The van der Waals surface area contributed by atoms with Gasteiger partial charge in [0.15, 0.2) is 0 Å². The number of nitrogens with one attached hydrogen (secondary N) is 2. The first kappa shape index (κ1) is 12.9. The summed E-state index contributed by atoms with van der Waals surface area (Å²) < 4.78 is 0. The van der Waals surface area contributed by atoms with E-state index in [1.807, 2.05) is 6.07 Å². The summed E-state index contributed by atoms with van der Waals surface area (Å²) in [7, 11) is 0. The van der Waals surface area contributed by atoms with Crippen LogP contribution in [0, 0.1) is 17.2 Å². The molecule has 4 nitrogen and oxygen atoms in total. The third-order valence-electron chi connectivity index (χ3n) is 3.01. The van der Waals surface area contributed by atoms with E-state index in [0.717, 1.165) is 19.5 Å². The molecule has 1 heterocycles. The molecule has 1 unspecified atom stereocenters. The van der Waals surface area contributed by atoms with Crippen LogP contribution < -0.4 is 10.6 Å². The zero-order valence-corrected chi connectivity index (χ0v) is 10.6. The average Bonchev–Trinajstić information content (AvgIpc) is 2.84. The number of rotatable bonds is 3. The second-order valence-corrected chi connectivity index (χ2v) is 4.82. The van der Waals surface area contributed by atoms with Gasteiger partial charge in [-0.2, -0.15) is 5.26 Å². The summed E-state index contributed by atoms with van der Waals surface area (Å²) >= 11 is 5.98. The van der Waals surface area contributed by atoms with Crippen molar-refractivity contribution in [3.05, 3.63) is 28.8 Å². The SMILES string of the molecule is N#Cc1ccc(Cl)c(NC(=O)CC2CCNC2)c1. The summed E-state index contributed by atoms with van der Waals surface area (Å²) in [4.78, 5) is 11.8. The van der Waals surface area contributed by atoms with E-state index in [4.69, 9.17) is 16.9 Å². The van der Waals surface area contributed by atoms with Crippen LogP contribution in [0.3, 0.4) is 0 Å². The van der Waals surface area contributed by atoms with Gasteiger partial charge in [0.1, 0.15) is 0 Å². The number of hydrogen-bond donors (Lipinski definition) is 2. The molecule has 5 heteroatoms. The maximum atomic E-state index is 11.8. The first-order valence-electron chi connectivity index (χ1n) is 5.89. The quantitative estimate of drug-likeness (QED) is 0.878. The van der Waals surface area contributed by atoms with E-state index in [1.54, 1.807) is 18.2 Å². The molecule has 1 aliphatic rings. The number of carbonyl (C=O) groups is 1. The van der Waals surface area contributed by atoms with E-state index < -0.39 is 0 Å². The molecule has 18 heavy (non-hydrogen) atoms. The number of nitrogens with zero attached hydrogens (tertiary/aromatic N) is 1. The molecule has 0 spiro atoms. The van der Waals surface area contributed by atoms with Gasteiger partial charge in [0.2, 0.25) is 5.91 Å². The lowest BCUT2D eigenvalue weighted by molar-refractivity contribution is -0.116. The number of hydrogen-bond acceptors (Lipinski definition) is 3. The van der Waals surface area contributed by atoms with Crippen LogP contribution in [0.15, 0.2) is 18.2 Å². The van der Waals surface area contributed by atoms with E-state index in [2.05, 4.69) is 10.6 Å². The highest BCUT2D eigenvalue weighted by atomic mass is 35.5. The molecule has 1 fully saturated rings. The highest BCUT2D eigenvalue weighted by molar-refractivity contribution is 6.33. The molecule has 1 atom stereocenters. The van der Waals surface area contributed by atoms with Gasteiger partial charge >= 0.3 is 0 Å². The van der Waals surface area contributed by atoms with Gasteiger partial charge in [-0.1, -0.05) is 11.6 Å². The van der Waals surface area contributed by atoms with Crippen molar-refractivity contribution in [2.75, 3.05) is 18.4 Å². The first-order chi connectivity index (χ1) is 8.69. The maximum absolute atomic E-state index is 11.8. The summed E-state index contributed by atoms with van der Waals surface area (Å²) in [6, 6.07) is 6.85. The molecule has 2 N–H and O–H groups in total. The fourth-order valence-electron chi connectivity index (χ4n) is 2.04. The Balaban J connectivity index is 1.99. The summed E-state index contributed by atoms with van der Waals surface area (Å²) in [6.07, 6.45) is 1.51. The number of carbonyl (C=O) groups excluding carboxylic acids is 1. The van der Waals surface area contributed by atoms with Crippen molar-refractivity contribution in [2.45, 2.75) is 12.8 Å². The minimum Gasteiger partial charge on any atom is -0.325 e. The summed E-state index contributed by atoms with van der Waals surface area (Å²) in [5.74, 6) is 0.337. The van der Waals surface area contributed by atoms with Crippen LogP contribution in [0.25, 0.3) is 0 Å². The van der Waals surface area contributed by atoms with Crippen molar-refractivity contribution in [1.82, 2.24) is 5.32 Å². The highest BCUT2D eigenvalue weighted by Gasteiger charge is 2.18. The minimum atomic E-state index is -0.0549. The molecule has 0 radical (unpaired) electrons. The molecule has 1 aliphatic heterocycles. The van der Waals surface area contributed by atoms with Gasteiger partial charge in [-0.15, -0.1) is 0 Å². The number of halogens is 1. The van der Waals surface area contributed by atoms with Crippen LogP contribution in [0.2, 0.25) is 5.02 Å². The normalized spacial score (nSPS) is 18.3. The predicted octanol–water partition coefficient (Wildman–Crippen LogP) is 2.15. The van der Waals surface area contributed by atoms with E-state index in [0.29, 0.717) is 28.6 Å². The first-order valence-corrected chi connectivity index (χ1v) is 6.27. The number of amides is 1. The number of benzene rings is 1. The van der Waals surface area contributed by atoms with Crippen molar-refractivity contribution >= 4 is 23.2 Å². The maximum Gasteiger partial charge on any atom is 0.224 e. The second-order valence-electron chi connectivity index (χ2n) is 4.42. The van der Waals surface area contributed by atoms with Crippen LogP contribution >= 0.6 is 11.6 Å². The van der Waals surface area contributed by atoms with Crippen LogP contribution in [-0.2, 0) is 4.79 Å². The predicted molar refractivity (Wildman–Crippen MR) is 70.4 cm³/mol. The monoisotopic (exact) mass is 263 g/mol. The smallest absolute Gasteiger partial charge is 0.224 e. The Labute approximate surface area is 111 Å². The molecule has 0 bridgehead atoms. The van der Waals surface area contributed by atoms with Crippen LogP contribution in [-0.4, -0.2) is 19.0 Å². The van der Waals surface area contributed by atoms with Gasteiger partial charge in [-0.25, -0.2) is 0 Å². The fraction of sp³-hybridized carbons (Fsp3) is 0.385. The molecule has 0 saturated carbocycles. The van der Waals surface area contributed by atoms with E-state index in [-0.39, 0.29) is 5.91 Å². The number of nitriles is 1. The third kappa shape index (κ3) is 3.22. The van der Waals surface area contributed by atoms with E-state index in [9.17, 15) is 4.79 Å². The molecule has 1 aromatic rings. The summed E-state index contributed by atoms with van der Waals surface area (Å²) in [6.45, 7) is 1.86. The molecule has 0 aromatic heterocycles.